The quantitative estimate of drug-likeness (QED) is 0.908. The van der Waals surface area contributed by atoms with E-state index in [0.717, 1.165) is 12.1 Å². The standard InChI is InChI=1S/C12H10ClF3N2O2/c1-2-9-10(17-18-11(19)20-9)6-3-4-8(13)7(5-6)12(14,15)16/h3-5,9H,2H2,1H3,(H,18,19). The van der Waals surface area contributed by atoms with Crippen LogP contribution >= 0.6 is 11.6 Å². The number of nitrogens with zero attached hydrogens (tertiary/aromatic N) is 1. The number of amides is 1. The van der Waals surface area contributed by atoms with Crippen molar-refractivity contribution in [3.05, 3.63) is 34.3 Å². The Morgan fingerprint density at radius 3 is 2.75 bits per heavy atom. The second-order valence-electron chi connectivity index (χ2n) is 4.10. The first-order valence-corrected chi connectivity index (χ1v) is 6.12. The van der Waals surface area contributed by atoms with Crippen molar-refractivity contribution in [1.82, 2.24) is 5.43 Å². The van der Waals surface area contributed by atoms with Crippen LogP contribution in [0.1, 0.15) is 24.5 Å². The maximum Gasteiger partial charge on any atom is 0.428 e. The first-order chi connectivity index (χ1) is 9.32. The SMILES string of the molecule is CCC1OC(=O)NN=C1c1ccc(Cl)c(C(F)(F)F)c1. The molecule has 1 aromatic carbocycles. The molecule has 1 atom stereocenters. The van der Waals surface area contributed by atoms with E-state index in [1.807, 2.05) is 0 Å². The summed E-state index contributed by atoms with van der Waals surface area (Å²) in [6, 6.07) is 3.44. The number of alkyl halides is 3. The number of cyclic esters (lactones) is 1. The Bertz CT molecular complexity index is 572. The zero-order chi connectivity index (χ0) is 14.9. The average molecular weight is 307 g/mol. The summed E-state index contributed by atoms with van der Waals surface area (Å²) in [7, 11) is 0. The number of ether oxygens (including phenoxy) is 1. The minimum Gasteiger partial charge on any atom is -0.438 e. The van der Waals surface area contributed by atoms with Crippen LogP contribution in [0, 0.1) is 0 Å². The third-order valence-corrected chi connectivity index (χ3v) is 3.09. The summed E-state index contributed by atoms with van der Waals surface area (Å²) in [4.78, 5) is 11.0. The molecule has 1 unspecified atom stereocenters. The largest absolute Gasteiger partial charge is 0.438 e. The number of halogens is 4. The van der Waals surface area contributed by atoms with Crippen LogP contribution in [0.3, 0.4) is 0 Å². The number of benzene rings is 1. The minimum absolute atomic E-state index is 0.202. The van der Waals surface area contributed by atoms with Gasteiger partial charge in [0.15, 0.2) is 0 Å². The van der Waals surface area contributed by atoms with Gasteiger partial charge in [-0.1, -0.05) is 24.6 Å². The van der Waals surface area contributed by atoms with E-state index in [1.165, 1.54) is 6.07 Å². The van der Waals surface area contributed by atoms with Crippen LogP contribution in [0.2, 0.25) is 5.02 Å². The molecule has 1 amide bonds. The summed E-state index contributed by atoms with van der Waals surface area (Å²) in [5.74, 6) is 0. The second kappa shape index (κ2) is 5.32. The molecular formula is C12H10ClF3N2O2. The van der Waals surface area contributed by atoms with Crippen molar-refractivity contribution >= 4 is 23.4 Å². The van der Waals surface area contributed by atoms with Crippen LogP contribution in [0.15, 0.2) is 23.3 Å². The topological polar surface area (TPSA) is 50.7 Å². The van der Waals surface area contributed by atoms with Crippen molar-refractivity contribution in [2.45, 2.75) is 25.6 Å². The van der Waals surface area contributed by atoms with E-state index in [1.54, 1.807) is 6.92 Å². The zero-order valence-corrected chi connectivity index (χ0v) is 11.0. The molecular weight excluding hydrogens is 297 g/mol. The fraction of sp³-hybridized carbons (Fsp3) is 0.333. The number of hydrogen-bond acceptors (Lipinski definition) is 3. The molecule has 1 N–H and O–H groups in total. The monoisotopic (exact) mass is 306 g/mol. The van der Waals surface area contributed by atoms with Crippen LogP contribution in [0.4, 0.5) is 18.0 Å². The predicted octanol–water partition coefficient (Wildman–Crippen LogP) is 3.58. The Hall–Kier alpha value is -1.76. The van der Waals surface area contributed by atoms with Gasteiger partial charge >= 0.3 is 12.3 Å². The van der Waals surface area contributed by atoms with E-state index in [4.69, 9.17) is 16.3 Å². The van der Waals surface area contributed by atoms with Crippen molar-refractivity contribution in [3.8, 4) is 0 Å². The van der Waals surface area contributed by atoms with E-state index >= 15 is 0 Å². The summed E-state index contributed by atoms with van der Waals surface area (Å²) in [6.45, 7) is 1.74. The Morgan fingerprint density at radius 2 is 2.15 bits per heavy atom. The van der Waals surface area contributed by atoms with Crippen LogP contribution in [0.25, 0.3) is 0 Å². The average Bonchev–Trinajstić information content (AvgIpc) is 2.38. The van der Waals surface area contributed by atoms with Crippen molar-refractivity contribution in [1.29, 1.82) is 0 Å². The lowest BCUT2D eigenvalue weighted by Gasteiger charge is -2.23. The molecule has 8 heteroatoms. The maximum atomic E-state index is 12.8. The third-order valence-electron chi connectivity index (χ3n) is 2.76. The highest BCUT2D eigenvalue weighted by atomic mass is 35.5. The van der Waals surface area contributed by atoms with Gasteiger partial charge in [-0.15, -0.1) is 0 Å². The zero-order valence-electron chi connectivity index (χ0n) is 10.3. The van der Waals surface area contributed by atoms with Crippen molar-refractivity contribution in [2.75, 3.05) is 0 Å². The first-order valence-electron chi connectivity index (χ1n) is 5.74. The lowest BCUT2D eigenvalue weighted by atomic mass is 10.0. The van der Waals surface area contributed by atoms with Crippen LogP contribution in [-0.2, 0) is 10.9 Å². The number of hydrazone groups is 1. The highest BCUT2D eigenvalue weighted by Crippen LogP contribution is 2.35. The molecule has 0 saturated heterocycles. The smallest absolute Gasteiger partial charge is 0.428 e. The van der Waals surface area contributed by atoms with Gasteiger partial charge in [0.25, 0.3) is 0 Å². The highest BCUT2D eigenvalue weighted by Gasteiger charge is 2.34. The summed E-state index contributed by atoms with van der Waals surface area (Å²) in [6.07, 6.45) is -5.58. The number of hydrogen-bond donors (Lipinski definition) is 1. The Kier molecular flexibility index (Phi) is 3.89. The molecule has 2 rings (SSSR count). The van der Waals surface area contributed by atoms with Gasteiger partial charge in [0.2, 0.25) is 0 Å². The van der Waals surface area contributed by atoms with Crippen molar-refractivity contribution in [3.63, 3.8) is 0 Å². The van der Waals surface area contributed by atoms with Gasteiger partial charge in [0.1, 0.15) is 11.8 Å². The van der Waals surface area contributed by atoms with Crippen LogP contribution in [-0.4, -0.2) is 17.9 Å². The highest BCUT2D eigenvalue weighted by molar-refractivity contribution is 6.31. The summed E-state index contributed by atoms with van der Waals surface area (Å²) in [5.41, 5.74) is 1.56. The molecule has 0 radical (unpaired) electrons. The van der Waals surface area contributed by atoms with Crippen LogP contribution in [0.5, 0.6) is 0 Å². The van der Waals surface area contributed by atoms with E-state index in [2.05, 4.69) is 10.5 Å². The van der Waals surface area contributed by atoms with Gasteiger partial charge in [-0.2, -0.15) is 18.3 Å². The summed E-state index contributed by atoms with van der Waals surface area (Å²) >= 11 is 5.55. The molecule has 0 aromatic heterocycles. The molecule has 20 heavy (non-hydrogen) atoms. The predicted molar refractivity (Wildman–Crippen MR) is 66.7 cm³/mol. The molecule has 0 bridgehead atoms. The molecule has 0 spiro atoms. The first kappa shape index (κ1) is 14.6. The molecule has 0 fully saturated rings. The lowest BCUT2D eigenvalue weighted by molar-refractivity contribution is -0.137. The molecule has 1 aromatic rings. The van der Waals surface area contributed by atoms with Crippen molar-refractivity contribution < 1.29 is 22.7 Å². The Morgan fingerprint density at radius 1 is 1.45 bits per heavy atom. The van der Waals surface area contributed by atoms with Gasteiger partial charge in [0, 0.05) is 5.56 Å². The number of nitrogens with one attached hydrogen (secondary N) is 1. The molecule has 4 nitrogen and oxygen atoms in total. The fourth-order valence-corrected chi connectivity index (χ4v) is 2.04. The van der Waals surface area contributed by atoms with E-state index in [0.29, 0.717) is 6.42 Å². The number of carbonyl (C=O) groups excluding carboxylic acids is 1. The van der Waals surface area contributed by atoms with Crippen LogP contribution < -0.4 is 5.43 Å². The van der Waals surface area contributed by atoms with Gasteiger partial charge in [0.05, 0.1) is 10.6 Å². The van der Waals surface area contributed by atoms with Gasteiger partial charge in [-0.05, 0) is 18.6 Å². The summed E-state index contributed by atoms with van der Waals surface area (Å²) < 4.78 is 43.4. The lowest BCUT2D eigenvalue weighted by Crippen LogP contribution is -2.38. The Labute approximate surface area is 117 Å². The maximum absolute atomic E-state index is 12.8. The molecule has 108 valence electrons. The molecule has 1 heterocycles. The minimum atomic E-state index is -4.56. The van der Waals surface area contributed by atoms with E-state index < -0.39 is 29.0 Å². The molecule has 0 aliphatic carbocycles. The van der Waals surface area contributed by atoms with Gasteiger partial charge in [-0.25, -0.2) is 10.2 Å². The molecule has 0 saturated carbocycles. The van der Waals surface area contributed by atoms with Gasteiger partial charge < -0.3 is 4.74 Å². The normalized spacial score (nSPS) is 19.1. The number of carbonyl (C=O) groups is 1. The molecule has 1 aliphatic heterocycles. The van der Waals surface area contributed by atoms with Crippen molar-refractivity contribution in [2.24, 2.45) is 5.10 Å². The second-order valence-corrected chi connectivity index (χ2v) is 4.51. The number of rotatable bonds is 2. The van der Waals surface area contributed by atoms with E-state index in [-0.39, 0.29) is 11.3 Å². The third kappa shape index (κ3) is 2.87. The fourth-order valence-electron chi connectivity index (χ4n) is 1.82. The summed E-state index contributed by atoms with van der Waals surface area (Å²) in [5, 5.41) is 3.37. The molecule has 1 aliphatic rings. The van der Waals surface area contributed by atoms with Gasteiger partial charge in [-0.3, -0.25) is 0 Å². The Balaban J connectivity index is 2.45. The van der Waals surface area contributed by atoms with E-state index in [9.17, 15) is 18.0 Å².